The zero-order valence-electron chi connectivity index (χ0n) is 9.45. The van der Waals surface area contributed by atoms with E-state index >= 15 is 0 Å². The number of halogens is 1. The minimum atomic E-state index is 0.192. The molecule has 1 aromatic rings. The standard InChI is InChI=1S/C13H16INO/c1-10-6-8-15(9-7-10)13(16)11-4-2-3-5-12(11)14/h2-5,10H,6-9H2,1H3. The van der Waals surface area contributed by atoms with Crippen LogP contribution in [0.4, 0.5) is 0 Å². The van der Waals surface area contributed by atoms with Crippen molar-refractivity contribution < 1.29 is 4.79 Å². The molecule has 0 N–H and O–H groups in total. The summed E-state index contributed by atoms with van der Waals surface area (Å²) in [6, 6.07) is 7.81. The van der Waals surface area contributed by atoms with E-state index in [-0.39, 0.29) is 5.91 Å². The highest BCUT2D eigenvalue weighted by Gasteiger charge is 2.22. The molecule has 0 atom stereocenters. The second-order valence-electron chi connectivity index (χ2n) is 4.45. The predicted octanol–water partition coefficient (Wildman–Crippen LogP) is 3.16. The summed E-state index contributed by atoms with van der Waals surface area (Å²) >= 11 is 2.23. The molecule has 0 saturated carbocycles. The van der Waals surface area contributed by atoms with Crippen LogP contribution >= 0.6 is 22.6 Å². The largest absolute Gasteiger partial charge is 0.339 e. The fraction of sp³-hybridized carbons (Fsp3) is 0.462. The Labute approximate surface area is 110 Å². The fourth-order valence-electron chi connectivity index (χ4n) is 2.02. The molecule has 0 radical (unpaired) electrons. The van der Waals surface area contributed by atoms with Crippen molar-refractivity contribution in [2.24, 2.45) is 5.92 Å². The van der Waals surface area contributed by atoms with E-state index in [9.17, 15) is 4.79 Å². The van der Waals surface area contributed by atoms with Crippen LogP contribution in [-0.2, 0) is 0 Å². The lowest BCUT2D eigenvalue weighted by atomic mass is 9.98. The molecule has 1 aliphatic heterocycles. The number of rotatable bonds is 1. The van der Waals surface area contributed by atoms with E-state index in [1.165, 1.54) is 0 Å². The fourth-order valence-corrected chi connectivity index (χ4v) is 2.63. The van der Waals surface area contributed by atoms with Gasteiger partial charge in [-0.2, -0.15) is 0 Å². The van der Waals surface area contributed by atoms with Gasteiger partial charge >= 0.3 is 0 Å². The van der Waals surface area contributed by atoms with Crippen molar-refractivity contribution in [3.8, 4) is 0 Å². The maximum Gasteiger partial charge on any atom is 0.254 e. The summed E-state index contributed by atoms with van der Waals surface area (Å²) in [6.07, 6.45) is 2.27. The van der Waals surface area contributed by atoms with E-state index in [4.69, 9.17) is 0 Å². The molecular formula is C13H16INO. The van der Waals surface area contributed by atoms with Crippen LogP contribution in [0, 0.1) is 9.49 Å². The van der Waals surface area contributed by atoms with Crippen LogP contribution in [0.5, 0.6) is 0 Å². The third kappa shape index (κ3) is 2.56. The predicted molar refractivity (Wildman–Crippen MR) is 73.5 cm³/mol. The Morgan fingerprint density at radius 2 is 1.94 bits per heavy atom. The van der Waals surface area contributed by atoms with Crippen LogP contribution in [0.3, 0.4) is 0 Å². The van der Waals surface area contributed by atoms with Gasteiger partial charge < -0.3 is 4.90 Å². The maximum atomic E-state index is 12.2. The van der Waals surface area contributed by atoms with E-state index in [2.05, 4.69) is 29.5 Å². The number of likely N-dealkylation sites (tertiary alicyclic amines) is 1. The maximum absolute atomic E-state index is 12.2. The molecule has 0 aliphatic carbocycles. The number of hydrogen-bond acceptors (Lipinski definition) is 1. The number of benzene rings is 1. The van der Waals surface area contributed by atoms with Crippen LogP contribution < -0.4 is 0 Å². The molecule has 86 valence electrons. The third-order valence-electron chi connectivity index (χ3n) is 3.18. The molecule has 0 spiro atoms. The van der Waals surface area contributed by atoms with Crippen molar-refractivity contribution in [1.82, 2.24) is 4.90 Å². The number of nitrogens with zero attached hydrogens (tertiary/aromatic N) is 1. The van der Waals surface area contributed by atoms with Gasteiger partial charge in [-0.15, -0.1) is 0 Å². The van der Waals surface area contributed by atoms with Crippen molar-refractivity contribution in [2.75, 3.05) is 13.1 Å². The van der Waals surface area contributed by atoms with Crippen LogP contribution in [0.25, 0.3) is 0 Å². The van der Waals surface area contributed by atoms with Crippen molar-refractivity contribution in [2.45, 2.75) is 19.8 Å². The zero-order valence-corrected chi connectivity index (χ0v) is 11.6. The van der Waals surface area contributed by atoms with E-state index in [1.54, 1.807) is 0 Å². The number of piperidine rings is 1. The van der Waals surface area contributed by atoms with Crippen molar-refractivity contribution in [3.63, 3.8) is 0 Å². The summed E-state index contributed by atoms with van der Waals surface area (Å²) in [5.41, 5.74) is 0.845. The van der Waals surface area contributed by atoms with Gasteiger partial charge in [0.05, 0.1) is 5.56 Å². The summed E-state index contributed by atoms with van der Waals surface area (Å²) in [4.78, 5) is 14.2. The number of hydrogen-bond donors (Lipinski definition) is 0. The molecule has 0 aromatic heterocycles. The SMILES string of the molecule is CC1CCN(C(=O)c2ccccc2I)CC1. The molecule has 2 rings (SSSR count). The van der Waals surface area contributed by atoms with E-state index in [1.807, 2.05) is 29.2 Å². The summed E-state index contributed by atoms with van der Waals surface area (Å²) in [5, 5.41) is 0. The topological polar surface area (TPSA) is 20.3 Å². The van der Waals surface area contributed by atoms with Gasteiger partial charge in [-0.1, -0.05) is 19.1 Å². The average molecular weight is 329 g/mol. The van der Waals surface area contributed by atoms with Gasteiger partial charge in [0.15, 0.2) is 0 Å². The molecule has 1 heterocycles. The summed E-state index contributed by atoms with van der Waals surface area (Å²) in [7, 11) is 0. The van der Waals surface area contributed by atoms with E-state index < -0.39 is 0 Å². The molecule has 1 amide bonds. The van der Waals surface area contributed by atoms with Gasteiger partial charge in [0.2, 0.25) is 0 Å². The Hall–Kier alpha value is -0.580. The highest BCUT2D eigenvalue weighted by atomic mass is 127. The summed E-state index contributed by atoms with van der Waals surface area (Å²) < 4.78 is 1.05. The Morgan fingerprint density at radius 3 is 2.56 bits per heavy atom. The molecule has 16 heavy (non-hydrogen) atoms. The molecule has 1 aliphatic rings. The Bertz CT molecular complexity index is 383. The zero-order chi connectivity index (χ0) is 11.5. The molecule has 3 heteroatoms. The summed E-state index contributed by atoms with van der Waals surface area (Å²) in [5.74, 6) is 0.954. The van der Waals surface area contributed by atoms with Gasteiger partial charge in [-0.3, -0.25) is 4.79 Å². The first-order chi connectivity index (χ1) is 7.68. The van der Waals surface area contributed by atoms with Gasteiger partial charge in [-0.05, 0) is 53.5 Å². The van der Waals surface area contributed by atoms with Gasteiger partial charge in [0.1, 0.15) is 0 Å². The van der Waals surface area contributed by atoms with Crippen LogP contribution in [0.2, 0.25) is 0 Å². The first-order valence-corrected chi connectivity index (χ1v) is 6.80. The van der Waals surface area contributed by atoms with E-state index in [0.717, 1.165) is 41.0 Å². The van der Waals surface area contributed by atoms with Crippen molar-refractivity contribution >= 4 is 28.5 Å². The second kappa shape index (κ2) is 5.17. The molecule has 0 bridgehead atoms. The average Bonchev–Trinajstić information content (AvgIpc) is 2.30. The minimum absolute atomic E-state index is 0.192. The number of amides is 1. The van der Waals surface area contributed by atoms with Gasteiger partial charge in [-0.25, -0.2) is 0 Å². The van der Waals surface area contributed by atoms with Crippen LogP contribution in [0.1, 0.15) is 30.1 Å². The molecule has 1 aromatic carbocycles. The Kier molecular flexibility index (Phi) is 3.84. The normalized spacial score (nSPS) is 17.5. The Balaban J connectivity index is 2.11. The van der Waals surface area contributed by atoms with Crippen LogP contribution in [0.15, 0.2) is 24.3 Å². The first-order valence-electron chi connectivity index (χ1n) is 5.72. The minimum Gasteiger partial charge on any atom is -0.339 e. The summed E-state index contributed by atoms with van der Waals surface area (Å²) in [6.45, 7) is 4.07. The van der Waals surface area contributed by atoms with Crippen molar-refractivity contribution in [3.05, 3.63) is 33.4 Å². The first kappa shape index (κ1) is 11.9. The number of carbonyl (C=O) groups is 1. The highest BCUT2D eigenvalue weighted by Crippen LogP contribution is 2.20. The molecule has 0 unspecified atom stereocenters. The Morgan fingerprint density at radius 1 is 1.31 bits per heavy atom. The molecule has 1 fully saturated rings. The smallest absolute Gasteiger partial charge is 0.254 e. The quantitative estimate of drug-likeness (QED) is 0.725. The highest BCUT2D eigenvalue weighted by molar-refractivity contribution is 14.1. The lowest BCUT2D eigenvalue weighted by Crippen LogP contribution is -2.38. The third-order valence-corrected chi connectivity index (χ3v) is 4.12. The molecule has 2 nitrogen and oxygen atoms in total. The monoisotopic (exact) mass is 329 g/mol. The number of carbonyl (C=O) groups excluding carboxylic acids is 1. The van der Waals surface area contributed by atoms with Crippen LogP contribution in [-0.4, -0.2) is 23.9 Å². The molecular weight excluding hydrogens is 313 g/mol. The van der Waals surface area contributed by atoms with Crippen molar-refractivity contribution in [1.29, 1.82) is 0 Å². The second-order valence-corrected chi connectivity index (χ2v) is 5.62. The van der Waals surface area contributed by atoms with Gasteiger partial charge in [0.25, 0.3) is 5.91 Å². The van der Waals surface area contributed by atoms with E-state index in [0.29, 0.717) is 0 Å². The lowest BCUT2D eigenvalue weighted by molar-refractivity contribution is 0.0696. The lowest BCUT2D eigenvalue weighted by Gasteiger charge is -2.30. The molecule has 1 saturated heterocycles. The van der Waals surface area contributed by atoms with Gasteiger partial charge in [0, 0.05) is 16.7 Å².